The molecular weight excluding hydrogens is 340 g/mol. The molecule has 7 nitrogen and oxygen atoms in total. The van der Waals surface area contributed by atoms with Crippen molar-refractivity contribution in [3.63, 3.8) is 0 Å². The molecule has 1 atom stereocenters. The average Bonchev–Trinajstić information content (AvgIpc) is 3.37. The summed E-state index contributed by atoms with van der Waals surface area (Å²) in [6.45, 7) is 1.13. The van der Waals surface area contributed by atoms with E-state index in [4.69, 9.17) is 5.73 Å². The van der Waals surface area contributed by atoms with Gasteiger partial charge in [0.25, 0.3) is 0 Å². The van der Waals surface area contributed by atoms with Crippen LogP contribution in [-0.4, -0.2) is 44.1 Å². The summed E-state index contributed by atoms with van der Waals surface area (Å²) in [6, 6.07) is 9.93. The number of hydrogen-bond donors (Lipinski definition) is 2. The first-order valence-corrected chi connectivity index (χ1v) is 9.07. The van der Waals surface area contributed by atoms with Gasteiger partial charge in [-0.05, 0) is 44.6 Å². The predicted molar refractivity (Wildman–Crippen MR) is 104 cm³/mol. The lowest BCUT2D eigenvalue weighted by atomic mass is 10.1. The maximum Gasteiger partial charge on any atom is 0.248 e. The molecule has 0 radical (unpaired) electrons. The molecule has 0 spiro atoms. The maximum absolute atomic E-state index is 11.5. The van der Waals surface area contributed by atoms with E-state index in [-0.39, 0.29) is 0 Å². The number of aromatic nitrogens is 4. The summed E-state index contributed by atoms with van der Waals surface area (Å²) in [7, 11) is 2.17. The van der Waals surface area contributed by atoms with Crippen molar-refractivity contribution in [2.24, 2.45) is 5.73 Å². The molecule has 1 aliphatic rings. The Labute approximate surface area is 155 Å². The molecule has 0 aliphatic carbocycles. The summed E-state index contributed by atoms with van der Waals surface area (Å²) in [5.41, 5.74) is 8.94. The SMILES string of the molecule is CN1CCC[C@@H]1c1cc2cnc(-n3ncc4ccc(C(N)=O)cc43)cc2[nH]1. The zero-order valence-electron chi connectivity index (χ0n) is 15.0. The fourth-order valence-corrected chi connectivity index (χ4v) is 3.99. The third kappa shape index (κ3) is 2.59. The van der Waals surface area contributed by atoms with Gasteiger partial charge in [0.1, 0.15) is 0 Å². The minimum atomic E-state index is -0.456. The van der Waals surface area contributed by atoms with Crippen molar-refractivity contribution in [2.45, 2.75) is 18.9 Å². The van der Waals surface area contributed by atoms with Gasteiger partial charge in [-0.1, -0.05) is 6.07 Å². The van der Waals surface area contributed by atoms with E-state index in [9.17, 15) is 4.79 Å². The minimum absolute atomic E-state index is 0.435. The zero-order chi connectivity index (χ0) is 18.5. The first-order chi connectivity index (χ1) is 13.1. The van der Waals surface area contributed by atoms with Crippen LogP contribution in [0, 0.1) is 0 Å². The van der Waals surface area contributed by atoms with E-state index in [0.717, 1.165) is 28.4 Å². The Morgan fingerprint density at radius 2 is 2.11 bits per heavy atom. The molecule has 5 rings (SSSR count). The summed E-state index contributed by atoms with van der Waals surface area (Å²) in [4.78, 5) is 22.0. The van der Waals surface area contributed by atoms with Gasteiger partial charge in [-0.3, -0.25) is 9.69 Å². The van der Waals surface area contributed by atoms with Gasteiger partial charge < -0.3 is 10.7 Å². The van der Waals surface area contributed by atoms with Gasteiger partial charge in [-0.15, -0.1) is 0 Å². The van der Waals surface area contributed by atoms with Gasteiger partial charge in [0.2, 0.25) is 5.91 Å². The average molecular weight is 360 g/mol. The van der Waals surface area contributed by atoms with Gasteiger partial charge >= 0.3 is 0 Å². The number of hydrogen-bond acceptors (Lipinski definition) is 4. The van der Waals surface area contributed by atoms with Gasteiger partial charge in [-0.25, -0.2) is 9.67 Å². The van der Waals surface area contributed by atoms with Crippen molar-refractivity contribution in [1.82, 2.24) is 24.6 Å². The number of pyridine rings is 1. The lowest BCUT2D eigenvalue weighted by Gasteiger charge is -2.17. The molecular formula is C20H20N6O. The number of nitrogens with two attached hydrogens (primary N) is 1. The van der Waals surface area contributed by atoms with Gasteiger partial charge in [-0.2, -0.15) is 5.10 Å². The lowest BCUT2D eigenvalue weighted by Crippen LogP contribution is -2.17. The predicted octanol–water partition coefficient (Wildman–Crippen LogP) is 2.77. The van der Waals surface area contributed by atoms with Crippen molar-refractivity contribution in [3.05, 3.63) is 54.0 Å². The normalized spacial score (nSPS) is 17.9. The van der Waals surface area contributed by atoms with Crippen molar-refractivity contribution >= 4 is 27.7 Å². The Morgan fingerprint density at radius 1 is 1.22 bits per heavy atom. The van der Waals surface area contributed by atoms with E-state index < -0.39 is 5.91 Å². The number of carbonyl (C=O) groups excluding carboxylic acids is 1. The highest BCUT2D eigenvalue weighted by Gasteiger charge is 2.24. The van der Waals surface area contributed by atoms with Crippen LogP contribution in [-0.2, 0) is 0 Å². The number of aromatic amines is 1. The molecule has 1 fully saturated rings. The highest BCUT2D eigenvalue weighted by molar-refractivity contribution is 5.97. The van der Waals surface area contributed by atoms with Crippen molar-refractivity contribution in [3.8, 4) is 5.82 Å². The molecule has 27 heavy (non-hydrogen) atoms. The quantitative estimate of drug-likeness (QED) is 0.587. The minimum Gasteiger partial charge on any atom is -0.366 e. The molecule has 3 aromatic heterocycles. The van der Waals surface area contributed by atoms with Crippen LogP contribution in [0.5, 0.6) is 0 Å². The van der Waals surface area contributed by atoms with Gasteiger partial charge in [0, 0.05) is 40.3 Å². The summed E-state index contributed by atoms with van der Waals surface area (Å²) >= 11 is 0. The molecule has 1 aromatic carbocycles. The number of primary amides is 1. The molecule has 4 aromatic rings. The monoisotopic (exact) mass is 360 g/mol. The number of amides is 1. The van der Waals surface area contributed by atoms with Crippen molar-refractivity contribution in [1.29, 1.82) is 0 Å². The number of fused-ring (bicyclic) bond motifs is 2. The molecule has 3 N–H and O–H groups in total. The number of nitrogens with zero attached hydrogens (tertiary/aromatic N) is 4. The number of likely N-dealkylation sites (tertiary alicyclic amines) is 1. The second kappa shape index (κ2) is 5.92. The van der Waals surface area contributed by atoms with Crippen molar-refractivity contribution < 1.29 is 4.79 Å². The molecule has 0 unspecified atom stereocenters. The molecule has 1 saturated heterocycles. The van der Waals surface area contributed by atoms with Crippen LogP contribution in [0.4, 0.5) is 0 Å². The highest BCUT2D eigenvalue weighted by atomic mass is 16.1. The van der Waals surface area contributed by atoms with Crippen LogP contribution >= 0.6 is 0 Å². The van der Waals surface area contributed by atoms with E-state index in [1.165, 1.54) is 18.5 Å². The summed E-state index contributed by atoms with van der Waals surface area (Å²) in [6.07, 6.45) is 6.02. The van der Waals surface area contributed by atoms with Crippen LogP contribution in [0.15, 0.2) is 42.7 Å². The van der Waals surface area contributed by atoms with Gasteiger partial charge in [0.05, 0.1) is 17.2 Å². The topological polar surface area (TPSA) is 92.8 Å². The van der Waals surface area contributed by atoms with Crippen LogP contribution in [0.25, 0.3) is 27.6 Å². The molecule has 1 amide bonds. The largest absolute Gasteiger partial charge is 0.366 e. The Balaban J connectivity index is 1.60. The Bertz CT molecular complexity index is 1170. The molecule has 4 heterocycles. The molecule has 136 valence electrons. The van der Waals surface area contributed by atoms with Crippen LogP contribution in [0.3, 0.4) is 0 Å². The van der Waals surface area contributed by atoms with E-state index in [1.54, 1.807) is 23.0 Å². The van der Waals surface area contributed by atoms with Crippen molar-refractivity contribution in [2.75, 3.05) is 13.6 Å². The van der Waals surface area contributed by atoms with E-state index in [0.29, 0.717) is 17.4 Å². The number of carbonyl (C=O) groups is 1. The van der Waals surface area contributed by atoms with Gasteiger partial charge in [0.15, 0.2) is 5.82 Å². The number of benzene rings is 1. The van der Waals surface area contributed by atoms with E-state index in [2.05, 4.69) is 33.1 Å². The zero-order valence-corrected chi connectivity index (χ0v) is 15.0. The van der Waals surface area contributed by atoms with E-state index >= 15 is 0 Å². The summed E-state index contributed by atoms with van der Waals surface area (Å²) < 4.78 is 1.74. The first kappa shape index (κ1) is 16.0. The number of rotatable bonds is 3. The lowest BCUT2D eigenvalue weighted by molar-refractivity contribution is 0.100. The smallest absolute Gasteiger partial charge is 0.248 e. The van der Waals surface area contributed by atoms with E-state index in [1.807, 2.05) is 18.3 Å². The standard InChI is InChI=1S/C20H20N6O/c1-25-6-2-3-17(25)16-7-14-10-22-19(9-15(14)24-16)26-18-8-12(20(21)27)4-5-13(18)11-23-26/h4-5,7-11,17,24H,2-3,6H2,1H3,(H2,21,27)/t17-/m1/s1. The third-order valence-corrected chi connectivity index (χ3v) is 5.46. The van der Waals surface area contributed by atoms with Crippen LogP contribution in [0.1, 0.15) is 34.9 Å². The molecule has 7 heteroatoms. The third-order valence-electron chi connectivity index (χ3n) is 5.46. The Hall–Kier alpha value is -3.19. The second-order valence-corrected chi connectivity index (χ2v) is 7.19. The number of H-pyrrole nitrogens is 1. The maximum atomic E-state index is 11.5. The Morgan fingerprint density at radius 3 is 2.89 bits per heavy atom. The highest BCUT2D eigenvalue weighted by Crippen LogP contribution is 2.32. The summed E-state index contributed by atoms with van der Waals surface area (Å²) in [5.74, 6) is 0.245. The van der Waals surface area contributed by atoms with Crippen LogP contribution in [0.2, 0.25) is 0 Å². The molecule has 0 saturated carbocycles. The van der Waals surface area contributed by atoms with Crippen LogP contribution < -0.4 is 5.73 Å². The number of nitrogens with one attached hydrogen (secondary N) is 1. The Kier molecular flexibility index (Phi) is 3.51. The fourth-order valence-electron chi connectivity index (χ4n) is 3.99. The molecule has 1 aliphatic heterocycles. The second-order valence-electron chi connectivity index (χ2n) is 7.19. The first-order valence-electron chi connectivity index (χ1n) is 9.07. The summed E-state index contributed by atoms with van der Waals surface area (Å²) in [5, 5.41) is 6.47. The molecule has 0 bridgehead atoms. The fraction of sp³-hybridized carbons (Fsp3) is 0.250.